The predicted octanol–water partition coefficient (Wildman–Crippen LogP) is 2.81. The number of anilines is 1. The van der Waals surface area contributed by atoms with Crippen LogP contribution in [0.5, 0.6) is 5.88 Å². The summed E-state index contributed by atoms with van der Waals surface area (Å²) in [5.41, 5.74) is 1.79. The van der Waals surface area contributed by atoms with Gasteiger partial charge in [0, 0.05) is 12.1 Å². The van der Waals surface area contributed by atoms with Crippen LogP contribution in [0.2, 0.25) is 10.0 Å². The maximum Gasteiger partial charge on any atom is 0.231 e. The lowest BCUT2D eigenvalue weighted by Gasteiger charge is -2.20. The molecule has 16 heavy (non-hydrogen) atoms. The average molecular weight is 256 g/mol. The SMILES string of the molecule is Oc1cn2c(n1)NCc1c-2ccc(Cl)c1Cl. The molecule has 2 heterocycles. The molecule has 2 N–H and O–H groups in total. The van der Waals surface area contributed by atoms with Crippen LogP contribution in [-0.4, -0.2) is 14.7 Å². The van der Waals surface area contributed by atoms with Gasteiger partial charge in [0.15, 0.2) is 0 Å². The molecule has 1 aromatic heterocycles. The minimum Gasteiger partial charge on any atom is -0.492 e. The molecule has 82 valence electrons. The second-order valence-corrected chi connectivity index (χ2v) is 4.29. The minimum absolute atomic E-state index is 0.0265. The summed E-state index contributed by atoms with van der Waals surface area (Å²) in [5, 5.41) is 13.5. The zero-order valence-electron chi connectivity index (χ0n) is 8.04. The Hall–Kier alpha value is -1.39. The van der Waals surface area contributed by atoms with E-state index in [1.165, 1.54) is 6.20 Å². The molecule has 0 spiro atoms. The third-order valence-corrected chi connectivity index (χ3v) is 3.39. The van der Waals surface area contributed by atoms with Crippen molar-refractivity contribution >= 4 is 29.2 Å². The van der Waals surface area contributed by atoms with E-state index >= 15 is 0 Å². The maximum atomic E-state index is 9.34. The van der Waals surface area contributed by atoms with Gasteiger partial charge in [-0.1, -0.05) is 23.2 Å². The lowest BCUT2D eigenvalue weighted by Crippen LogP contribution is -2.15. The summed E-state index contributed by atoms with van der Waals surface area (Å²) in [6.45, 7) is 0.547. The quantitative estimate of drug-likeness (QED) is 0.761. The average Bonchev–Trinajstić information content (AvgIpc) is 2.63. The summed E-state index contributed by atoms with van der Waals surface area (Å²) in [6.07, 6.45) is 1.53. The Balaban J connectivity index is 2.29. The number of aromatic nitrogens is 2. The molecule has 0 aliphatic carbocycles. The number of fused-ring (bicyclic) bond motifs is 3. The molecule has 1 aliphatic heterocycles. The van der Waals surface area contributed by atoms with E-state index in [0.717, 1.165) is 11.3 Å². The number of imidazole rings is 1. The number of halogens is 2. The van der Waals surface area contributed by atoms with E-state index in [1.807, 2.05) is 6.07 Å². The maximum absolute atomic E-state index is 9.34. The number of nitrogens with one attached hydrogen (secondary N) is 1. The Morgan fingerprint density at radius 1 is 1.38 bits per heavy atom. The first-order chi connectivity index (χ1) is 7.66. The molecule has 0 saturated carbocycles. The van der Waals surface area contributed by atoms with Crippen molar-refractivity contribution in [2.45, 2.75) is 6.54 Å². The Morgan fingerprint density at radius 2 is 2.19 bits per heavy atom. The molecular formula is C10H7Cl2N3O. The van der Waals surface area contributed by atoms with Crippen molar-refractivity contribution in [1.29, 1.82) is 0 Å². The Labute approximate surface area is 101 Å². The summed E-state index contributed by atoms with van der Waals surface area (Å²) in [4.78, 5) is 3.93. The third kappa shape index (κ3) is 1.27. The van der Waals surface area contributed by atoms with Crippen molar-refractivity contribution in [2.24, 2.45) is 0 Å². The highest BCUT2D eigenvalue weighted by Crippen LogP contribution is 2.35. The Bertz CT molecular complexity index is 580. The van der Waals surface area contributed by atoms with Gasteiger partial charge in [-0.25, -0.2) is 0 Å². The summed E-state index contributed by atoms with van der Waals surface area (Å²) in [7, 11) is 0. The first-order valence-corrected chi connectivity index (χ1v) is 5.42. The molecule has 3 rings (SSSR count). The van der Waals surface area contributed by atoms with Crippen molar-refractivity contribution in [2.75, 3.05) is 5.32 Å². The smallest absolute Gasteiger partial charge is 0.231 e. The van der Waals surface area contributed by atoms with Gasteiger partial charge in [-0.15, -0.1) is 0 Å². The largest absolute Gasteiger partial charge is 0.492 e. The fraction of sp³-hybridized carbons (Fsp3) is 0.100. The first kappa shape index (κ1) is 9.81. The zero-order valence-corrected chi connectivity index (χ0v) is 9.55. The monoisotopic (exact) mass is 255 g/mol. The lowest BCUT2D eigenvalue weighted by atomic mass is 10.1. The van der Waals surface area contributed by atoms with Crippen molar-refractivity contribution in [1.82, 2.24) is 9.55 Å². The van der Waals surface area contributed by atoms with Crippen molar-refractivity contribution in [3.8, 4) is 11.6 Å². The predicted molar refractivity (Wildman–Crippen MR) is 62.6 cm³/mol. The topological polar surface area (TPSA) is 50.1 Å². The summed E-state index contributed by atoms with van der Waals surface area (Å²) >= 11 is 12.1. The molecule has 4 nitrogen and oxygen atoms in total. The molecule has 2 aromatic rings. The first-order valence-electron chi connectivity index (χ1n) is 4.66. The fourth-order valence-corrected chi connectivity index (χ4v) is 2.22. The summed E-state index contributed by atoms with van der Waals surface area (Å²) < 4.78 is 1.75. The van der Waals surface area contributed by atoms with Crippen LogP contribution >= 0.6 is 23.2 Å². The number of hydrogen-bond donors (Lipinski definition) is 2. The number of benzene rings is 1. The number of nitrogens with zero attached hydrogens (tertiary/aromatic N) is 2. The van der Waals surface area contributed by atoms with E-state index in [4.69, 9.17) is 23.2 Å². The van der Waals surface area contributed by atoms with Crippen molar-refractivity contribution in [3.05, 3.63) is 33.9 Å². The highest BCUT2D eigenvalue weighted by Gasteiger charge is 2.20. The van der Waals surface area contributed by atoms with Crippen molar-refractivity contribution in [3.63, 3.8) is 0 Å². The van der Waals surface area contributed by atoms with Gasteiger partial charge in [0.2, 0.25) is 11.8 Å². The van der Waals surface area contributed by atoms with Gasteiger partial charge in [-0.2, -0.15) is 4.98 Å². The molecular weight excluding hydrogens is 249 g/mol. The van der Waals surface area contributed by atoms with E-state index in [2.05, 4.69) is 10.3 Å². The summed E-state index contributed by atoms with van der Waals surface area (Å²) in [5.74, 6) is 0.574. The molecule has 1 aliphatic rings. The second kappa shape index (κ2) is 3.30. The van der Waals surface area contributed by atoms with E-state index in [-0.39, 0.29) is 5.88 Å². The van der Waals surface area contributed by atoms with E-state index in [0.29, 0.717) is 22.5 Å². The molecule has 0 fully saturated rings. The Kier molecular flexibility index (Phi) is 2.02. The van der Waals surface area contributed by atoms with Crippen molar-refractivity contribution < 1.29 is 5.11 Å². The van der Waals surface area contributed by atoms with E-state index in [9.17, 15) is 5.11 Å². The van der Waals surface area contributed by atoms with Crippen LogP contribution in [0.25, 0.3) is 5.69 Å². The number of hydrogen-bond acceptors (Lipinski definition) is 3. The number of rotatable bonds is 0. The highest BCUT2D eigenvalue weighted by molar-refractivity contribution is 6.42. The van der Waals surface area contributed by atoms with E-state index < -0.39 is 0 Å². The zero-order chi connectivity index (χ0) is 11.3. The number of aromatic hydroxyl groups is 1. The van der Waals surface area contributed by atoms with Gasteiger partial charge in [-0.3, -0.25) is 4.57 Å². The molecule has 0 bridgehead atoms. The molecule has 0 saturated heterocycles. The van der Waals surface area contributed by atoms with Gasteiger partial charge in [0.25, 0.3) is 0 Å². The highest BCUT2D eigenvalue weighted by atomic mass is 35.5. The second-order valence-electron chi connectivity index (χ2n) is 3.51. The van der Waals surface area contributed by atoms with Crippen LogP contribution in [0, 0.1) is 0 Å². The van der Waals surface area contributed by atoms with Crippen LogP contribution in [0.3, 0.4) is 0 Å². The van der Waals surface area contributed by atoms with Crippen LogP contribution < -0.4 is 5.32 Å². The molecule has 0 radical (unpaired) electrons. The van der Waals surface area contributed by atoms with Crippen LogP contribution in [0.1, 0.15) is 5.56 Å². The molecule has 1 aromatic carbocycles. The van der Waals surface area contributed by atoms with Crippen LogP contribution in [-0.2, 0) is 6.54 Å². The van der Waals surface area contributed by atoms with Gasteiger partial charge in [0.1, 0.15) is 0 Å². The minimum atomic E-state index is -0.0265. The molecule has 0 unspecified atom stereocenters. The molecule has 0 amide bonds. The van der Waals surface area contributed by atoms with E-state index in [1.54, 1.807) is 10.6 Å². The molecule has 0 atom stereocenters. The molecule has 6 heteroatoms. The van der Waals surface area contributed by atoms with Crippen LogP contribution in [0.15, 0.2) is 18.3 Å². The standard InChI is InChI=1S/C10H7Cl2N3O/c11-6-1-2-7-5(9(6)12)3-13-10-14-8(16)4-15(7)10/h1-2,4,16H,3H2,(H,13,14). The normalized spacial score (nSPS) is 12.9. The third-order valence-electron chi connectivity index (χ3n) is 2.55. The lowest BCUT2D eigenvalue weighted by molar-refractivity contribution is 0.456. The van der Waals surface area contributed by atoms with Gasteiger partial charge in [0.05, 0.1) is 21.9 Å². The fourth-order valence-electron chi connectivity index (χ4n) is 1.82. The summed E-state index contributed by atoms with van der Waals surface area (Å²) in [6, 6.07) is 3.59. The van der Waals surface area contributed by atoms with Gasteiger partial charge < -0.3 is 10.4 Å². The van der Waals surface area contributed by atoms with Gasteiger partial charge in [-0.05, 0) is 12.1 Å². The van der Waals surface area contributed by atoms with Gasteiger partial charge >= 0.3 is 0 Å². The Morgan fingerprint density at radius 3 is 3.00 bits per heavy atom. The van der Waals surface area contributed by atoms with Crippen LogP contribution in [0.4, 0.5) is 5.95 Å².